The first-order valence-electron chi connectivity index (χ1n) is 10.7. The molecular formula is C27H28N2O3. The Morgan fingerprint density at radius 2 is 1.00 bits per heavy atom. The molecule has 0 saturated heterocycles. The first kappa shape index (κ1) is 21.8. The average molecular weight is 429 g/mol. The average Bonchev–Trinajstić information content (AvgIpc) is 2.71. The lowest BCUT2D eigenvalue weighted by Crippen LogP contribution is -2.15. The van der Waals surface area contributed by atoms with Crippen molar-refractivity contribution >= 4 is 28.0 Å². The summed E-state index contributed by atoms with van der Waals surface area (Å²) >= 11 is 0. The van der Waals surface area contributed by atoms with Crippen LogP contribution in [0, 0.1) is 0 Å². The van der Waals surface area contributed by atoms with Gasteiger partial charge in [0.1, 0.15) is 11.5 Å². The Kier molecular flexibility index (Phi) is 5.37. The van der Waals surface area contributed by atoms with Gasteiger partial charge in [-0.1, -0.05) is 53.7 Å². The first-order chi connectivity index (χ1) is 15.0. The minimum absolute atomic E-state index is 0.0685. The second-order valence-electron chi connectivity index (χ2n) is 10.1. The van der Waals surface area contributed by atoms with Crippen LogP contribution in [0.15, 0.2) is 60.7 Å². The molecule has 32 heavy (non-hydrogen) atoms. The molecule has 0 atom stereocenters. The second-order valence-corrected chi connectivity index (χ2v) is 10.1. The van der Waals surface area contributed by atoms with Crippen LogP contribution in [0.5, 0.6) is 11.5 Å². The van der Waals surface area contributed by atoms with Gasteiger partial charge in [-0.25, -0.2) is 4.79 Å². The lowest BCUT2D eigenvalue weighted by Gasteiger charge is -2.18. The Morgan fingerprint density at radius 3 is 1.38 bits per heavy atom. The zero-order valence-corrected chi connectivity index (χ0v) is 19.4. The standard InChI is InChI=1S/C27H28N2O3/c1-26(2,3)23-13-9-17-7-11-19(15-21(17)28-23)31-25(30)32-20-12-8-18-10-14-24(27(4,5)6)29-22(18)16-20/h7-16H,1-6H3. The smallest absolute Gasteiger partial charge is 0.395 e. The number of carbonyl (C=O) groups excluding carboxylic acids is 1. The van der Waals surface area contributed by atoms with E-state index in [2.05, 4.69) is 41.5 Å². The summed E-state index contributed by atoms with van der Waals surface area (Å²) in [6.45, 7) is 12.7. The van der Waals surface area contributed by atoms with Crippen molar-refractivity contribution in [1.29, 1.82) is 0 Å². The Labute approximate surface area is 188 Å². The fourth-order valence-corrected chi connectivity index (χ4v) is 3.37. The maximum Gasteiger partial charge on any atom is 0.519 e. The van der Waals surface area contributed by atoms with E-state index in [0.717, 1.165) is 33.2 Å². The fraction of sp³-hybridized carbons (Fsp3) is 0.296. The van der Waals surface area contributed by atoms with Crippen LogP contribution in [0.1, 0.15) is 52.9 Å². The van der Waals surface area contributed by atoms with Gasteiger partial charge in [-0.15, -0.1) is 0 Å². The zero-order chi connectivity index (χ0) is 23.1. The van der Waals surface area contributed by atoms with E-state index in [9.17, 15) is 4.79 Å². The van der Waals surface area contributed by atoms with Crippen molar-refractivity contribution in [1.82, 2.24) is 9.97 Å². The van der Waals surface area contributed by atoms with Crippen LogP contribution < -0.4 is 9.47 Å². The van der Waals surface area contributed by atoms with Crippen LogP contribution in [0.3, 0.4) is 0 Å². The fourth-order valence-electron chi connectivity index (χ4n) is 3.37. The predicted molar refractivity (Wildman–Crippen MR) is 128 cm³/mol. The van der Waals surface area contributed by atoms with Gasteiger partial charge < -0.3 is 9.47 Å². The van der Waals surface area contributed by atoms with Gasteiger partial charge in [0.25, 0.3) is 0 Å². The molecule has 0 spiro atoms. The van der Waals surface area contributed by atoms with E-state index in [1.165, 1.54) is 0 Å². The number of nitrogens with zero attached hydrogens (tertiary/aromatic N) is 2. The molecule has 0 fully saturated rings. The normalized spacial score (nSPS) is 12.2. The summed E-state index contributed by atoms with van der Waals surface area (Å²) in [6.07, 6.45) is -0.803. The Balaban J connectivity index is 1.54. The molecule has 0 unspecified atom stereocenters. The predicted octanol–water partition coefficient (Wildman–Crippen LogP) is 6.96. The van der Waals surface area contributed by atoms with Crippen molar-refractivity contribution in [2.45, 2.75) is 52.4 Å². The van der Waals surface area contributed by atoms with Crippen molar-refractivity contribution in [3.63, 3.8) is 0 Å². The number of hydrogen-bond donors (Lipinski definition) is 0. The number of benzene rings is 2. The van der Waals surface area contributed by atoms with Crippen molar-refractivity contribution in [2.75, 3.05) is 0 Å². The minimum atomic E-state index is -0.803. The number of fused-ring (bicyclic) bond motifs is 2. The maximum atomic E-state index is 12.4. The van der Waals surface area contributed by atoms with Gasteiger partial charge in [-0.3, -0.25) is 9.97 Å². The minimum Gasteiger partial charge on any atom is -0.395 e. The van der Waals surface area contributed by atoms with Gasteiger partial charge in [0.2, 0.25) is 0 Å². The van der Waals surface area contributed by atoms with E-state index in [-0.39, 0.29) is 10.8 Å². The molecule has 0 aliphatic rings. The summed E-state index contributed by atoms with van der Waals surface area (Å²) in [6, 6.07) is 18.8. The van der Waals surface area contributed by atoms with Crippen molar-refractivity contribution in [3.8, 4) is 11.5 Å². The van der Waals surface area contributed by atoms with Crippen LogP contribution in [-0.2, 0) is 10.8 Å². The van der Waals surface area contributed by atoms with Crippen molar-refractivity contribution in [3.05, 3.63) is 72.1 Å². The Bertz CT molecular complexity index is 1210. The number of pyridine rings is 2. The van der Waals surface area contributed by atoms with Crippen LogP contribution in [0.2, 0.25) is 0 Å². The lowest BCUT2D eigenvalue weighted by atomic mass is 9.91. The van der Waals surface area contributed by atoms with E-state index in [4.69, 9.17) is 19.4 Å². The number of hydrogen-bond acceptors (Lipinski definition) is 5. The highest BCUT2D eigenvalue weighted by Gasteiger charge is 2.17. The highest BCUT2D eigenvalue weighted by Crippen LogP contribution is 2.27. The lowest BCUT2D eigenvalue weighted by molar-refractivity contribution is 0.152. The largest absolute Gasteiger partial charge is 0.519 e. The molecule has 2 aromatic carbocycles. The third-order valence-corrected chi connectivity index (χ3v) is 5.27. The van der Waals surface area contributed by atoms with Gasteiger partial charge in [0.15, 0.2) is 0 Å². The molecule has 5 heteroatoms. The molecule has 4 rings (SSSR count). The van der Waals surface area contributed by atoms with Crippen LogP contribution in [-0.4, -0.2) is 16.1 Å². The van der Waals surface area contributed by atoms with Crippen LogP contribution >= 0.6 is 0 Å². The summed E-state index contributed by atoms with van der Waals surface area (Å²) in [7, 11) is 0. The SMILES string of the molecule is CC(C)(C)c1ccc2ccc(OC(=O)Oc3ccc4ccc(C(C)(C)C)nc4c3)cc2n1. The number of ether oxygens (including phenoxy) is 2. The van der Waals surface area contributed by atoms with E-state index in [1.54, 1.807) is 24.3 Å². The molecule has 0 bridgehead atoms. The second kappa shape index (κ2) is 7.90. The molecule has 0 N–H and O–H groups in total. The molecule has 0 radical (unpaired) electrons. The van der Waals surface area contributed by atoms with Gasteiger partial charge >= 0.3 is 6.16 Å². The molecule has 0 aliphatic carbocycles. The van der Waals surface area contributed by atoms with Crippen LogP contribution in [0.25, 0.3) is 21.8 Å². The van der Waals surface area contributed by atoms with E-state index < -0.39 is 6.16 Å². The molecule has 0 amide bonds. The van der Waals surface area contributed by atoms with Gasteiger partial charge in [-0.05, 0) is 36.4 Å². The molecular weight excluding hydrogens is 400 g/mol. The van der Waals surface area contributed by atoms with E-state index in [1.807, 2.05) is 36.4 Å². The third-order valence-electron chi connectivity index (χ3n) is 5.27. The molecule has 2 heterocycles. The van der Waals surface area contributed by atoms with Gasteiger partial charge in [0.05, 0.1) is 11.0 Å². The summed E-state index contributed by atoms with van der Waals surface area (Å²) in [5, 5.41) is 1.96. The number of carbonyl (C=O) groups is 1. The topological polar surface area (TPSA) is 61.3 Å². The monoisotopic (exact) mass is 428 g/mol. The van der Waals surface area contributed by atoms with Gasteiger partial charge in [0, 0.05) is 45.1 Å². The molecule has 4 aromatic rings. The molecule has 0 aliphatic heterocycles. The Morgan fingerprint density at radius 1 is 0.625 bits per heavy atom. The molecule has 0 saturated carbocycles. The van der Waals surface area contributed by atoms with E-state index >= 15 is 0 Å². The quantitative estimate of drug-likeness (QED) is 0.255. The number of rotatable bonds is 2. The zero-order valence-electron chi connectivity index (χ0n) is 19.4. The summed E-state index contributed by atoms with van der Waals surface area (Å²) in [5.41, 5.74) is 3.35. The highest BCUT2D eigenvalue weighted by molar-refractivity contribution is 5.82. The summed E-state index contributed by atoms with van der Waals surface area (Å²) < 4.78 is 10.8. The Hall–Kier alpha value is -3.47. The first-order valence-corrected chi connectivity index (χ1v) is 10.7. The maximum absolute atomic E-state index is 12.4. The third kappa shape index (κ3) is 4.72. The molecule has 5 nitrogen and oxygen atoms in total. The van der Waals surface area contributed by atoms with Gasteiger partial charge in [-0.2, -0.15) is 0 Å². The van der Waals surface area contributed by atoms with E-state index in [0.29, 0.717) is 11.5 Å². The van der Waals surface area contributed by atoms with Crippen LogP contribution in [0.4, 0.5) is 4.79 Å². The number of aromatic nitrogens is 2. The molecule has 164 valence electrons. The summed E-state index contributed by atoms with van der Waals surface area (Å²) in [4.78, 5) is 21.9. The highest BCUT2D eigenvalue weighted by atomic mass is 16.7. The molecule has 2 aromatic heterocycles. The van der Waals surface area contributed by atoms with Crippen molar-refractivity contribution < 1.29 is 14.3 Å². The van der Waals surface area contributed by atoms with Crippen molar-refractivity contribution in [2.24, 2.45) is 0 Å². The summed E-state index contributed by atoms with van der Waals surface area (Å²) in [5.74, 6) is 0.769.